The Balaban J connectivity index is 1.67. The molecule has 25 heavy (non-hydrogen) atoms. The fourth-order valence-electron chi connectivity index (χ4n) is 6.58. The van der Waals surface area contributed by atoms with E-state index in [-0.39, 0.29) is 5.41 Å². The lowest BCUT2D eigenvalue weighted by Crippen LogP contribution is -2.65. The Morgan fingerprint density at radius 1 is 1.12 bits per heavy atom. The van der Waals surface area contributed by atoms with Gasteiger partial charge in [-0.2, -0.15) is 0 Å². The average molecular weight is 332 g/mol. The van der Waals surface area contributed by atoms with E-state index in [0.717, 1.165) is 28.5 Å². The number of aryl methyl sites for hydroxylation is 1. The van der Waals surface area contributed by atoms with Crippen molar-refractivity contribution in [1.29, 1.82) is 0 Å². The van der Waals surface area contributed by atoms with Crippen LogP contribution in [0, 0.1) is 18.8 Å². The number of nitrogens with zero attached hydrogens (tertiary/aromatic N) is 2. The number of hydrogen-bond donors (Lipinski definition) is 0. The van der Waals surface area contributed by atoms with Gasteiger partial charge in [0.1, 0.15) is 5.58 Å². The molecule has 1 saturated carbocycles. The van der Waals surface area contributed by atoms with Gasteiger partial charge < -0.3 is 4.42 Å². The van der Waals surface area contributed by atoms with E-state index in [1.165, 1.54) is 48.9 Å². The predicted molar refractivity (Wildman–Crippen MR) is 99.8 cm³/mol. The molecule has 0 spiro atoms. The van der Waals surface area contributed by atoms with Crippen molar-refractivity contribution < 1.29 is 4.42 Å². The zero-order chi connectivity index (χ0) is 16.8. The van der Waals surface area contributed by atoms with Gasteiger partial charge in [0.2, 0.25) is 5.71 Å². The van der Waals surface area contributed by atoms with Gasteiger partial charge in [0.05, 0.1) is 0 Å². The smallest absolute Gasteiger partial charge is 0.227 e. The zero-order valence-electron chi connectivity index (χ0n) is 15.0. The van der Waals surface area contributed by atoms with Crippen LogP contribution in [0.3, 0.4) is 0 Å². The highest BCUT2D eigenvalue weighted by molar-refractivity contribution is 6.05. The zero-order valence-corrected chi connectivity index (χ0v) is 15.0. The summed E-state index contributed by atoms with van der Waals surface area (Å²) in [5.41, 5.74) is 5.00. The molecule has 1 aliphatic carbocycles. The van der Waals surface area contributed by atoms with Gasteiger partial charge in [-0.25, -0.2) is 4.98 Å². The molecule has 0 amide bonds. The highest BCUT2D eigenvalue weighted by Gasteiger charge is 2.56. The van der Waals surface area contributed by atoms with Gasteiger partial charge in [-0.3, -0.25) is 4.90 Å². The molecular formula is C22H24N2O. The van der Waals surface area contributed by atoms with Crippen molar-refractivity contribution in [1.82, 2.24) is 9.88 Å². The number of furan rings is 1. The predicted octanol–water partition coefficient (Wildman–Crippen LogP) is 4.66. The minimum atomic E-state index is 0.252. The standard InChI is InChI=1S/C22H24N2O/c1-13-5-6-17-18-4-3-7-23-21(18)25-20(17)19(13)22-9-15-8-16(10-22)12-24(11-15)14(22)2/h3-7,14-16H,8-12H2,1-2H3. The van der Waals surface area contributed by atoms with Gasteiger partial charge in [-0.05, 0) is 62.6 Å². The third-order valence-corrected chi connectivity index (χ3v) is 7.43. The molecule has 4 aliphatic rings. The number of benzene rings is 1. The third-order valence-electron chi connectivity index (χ3n) is 7.43. The largest absolute Gasteiger partial charge is 0.437 e. The topological polar surface area (TPSA) is 29.3 Å². The Labute approximate surface area is 148 Å². The summed E-state index contributed by atoms with van der Waals surface area (Å²) in [6.45, 7) is 7.33. The van der Waals surface area contributed by atoms with Crippen molar-refractivity contribution in [2.45, 2.75) is 44.6 Å². The molecular weight excluding hydrogens is 308 g/mol. The average Bonchev–Trinajstić information content (AvgIpc) is 2.97. The highest BCUT2D eigenvalue weighted by Crippen LogP contribution is 2.57. The molecule has 0 N–H and O–H groups in total. The van der Waals surface area contributed by atoms with Gasteiger partial charge in [0.15, 0.2) is 0 Å². The number of aromatic nitrogens is 1. The minimum absolute atomic E-state index is 0.252. The lowest BCUT2D eigenvalue weighted by Gasteiger charge is -2.62. The van der Waals surface area contributed by atoms with Crippen LogP contribution >= 0.6 is 0 Å². The van der Waals surface area contributed by atoms with E-state index in [1.807, 2.05) is 12.3 Å². The second-order valence-corrected chi connectivity index (χ2v) is 8.75. The van der Waals surface area contributed by atoms with E-state index in [2.05, 4.69) is 41.9 Å². The van der Waals surface area contributed by atoms with Crippen molar-refractivity contribution in [3.63, 3.8) is 0 Å². The van der Waals surface area contributed by atoms with Crippen molar-refractivity contribution in [2.24, 2.45) is 11.8 Å². The quantitative estimate of drug-likeness (QED) is 0.649. The molecule has 3 atom stereocenters. The molecule has 0 radical (unpaired) electrons. The van der Waals surface area contributed by atoms with Crippen LogP contribution in [-0.2, 0) is 5.41 Å². The number of fused-ring (bicyclic) bond motifs is 3. The van der Waals surface area contributed by atoms with E-state index < -0.39 is 0 Å². The van der Waals surface area contributed by atoms with Crippen molar-refractivity contribution >= 4 is 22.1 Å². The van der Waals surface area contributed by atoms with Crippen LogP contribution in [0.5, 0.6) is 0 Å². The lowest BCUT2D eigenvalue weighted by molar-refractivity contribution is -0.0785. The van der Waals surface area contributed by atoms with E-state index >= 15 is 0 Å². The maximum atomic E-state index is 6.37. The second-order valence-electron chi connectivity index (χ2n) is 8.75. The van der Waals surface area contributed by atoms with E-state index in [0.29, 0.717) is 6.04 Å². The van der Waals surface area contributed by atoms with Gasteiger partial charge in [0, 0.05) is 47.1 Å². The van der Waals surface area contributed by atoms with E-state index in [1.54, 1.807) is 0 Å². The Hall–Kier alpha value is -1.87. The molecule has 1 aromatic carbocycles. The van der Waals surface area contributed by atoms with Crippen LogP contribution in [0.15, 0.2) is 34.9 Å². The molecule has 5 heterocycles. The third kappa shape index (κ3) is 1.72. The number of rotatable bonds is 1. The summed E-state index contributed by atoms with van der Waals surface area (Å²) >= 11 is 0. The van der Waals surface area contributed by atoms with Crippen LogP contribution < -0.4 is 0 Å². The highest BCUT2D eigenvalue weighted by atomic mass is 16.3. The van der Waals surface area contributed by atoms with E-state index in [9.17, 15) is 0 Å². The first kappa shape index (κ1) is 14.3. The molecule has 3 aliphatic heterocycles. The van der Waals surface area contributed by atoms with Crippen LogP contribution in [0.2, 0.25) is 0 Å². The van der Waals surface area contributed by atoms with Crippen LogP contribution in [-0.4, -0.2) is 29.0 Å². The van der Waals surface area contributed by atoms with Crippen molar-refractivity contribution in [3.8, 4) is 0 Å². The second kappa shape index (κ2) is 4.64. The summed E-state index contributed by atoms with van der Waals surface area (Å²) < 4.78 is 6.37. The normalized spacial score (nSPS) is 36.6. The fraction of sp³-hybridized carbons (Fsp3) is 0.500. The first-order valence-electron chi connectivity index (χ1n) is 9.67. The first-order chi connectivity index (χ1) is 12.2. The van der Waals surface area contributed by atoms with Crippen LogP contribution in [0.1, 0.15) is 37.3 Å². The first-order valence-corrected chi connectivity index (χ1v) is 9.67. The Kier molecular flexibility index (Phi) is 2.66. The summed E-state index contributed by atoms with van der Waals surface area (Å²) in [5.74, 6) is 1.72. The summed E-state index contributed by atoms with van der Waals surface area (Å²) in [6.07, 6.45) is 5.91. The van der Waals surface area contributed by atoms with Crippen molar-refractivity contribution in [3.05, 3.63) is 41.6 Å². The number of pyridine rings is 1. The summed E-state index contributed by atoms with van der Waals surface area (Å²) in [6, 6.07) is 9.29. The van der Waals surface area contributed by atoms with Gasteiger partial charge >= 0.3 is 0 Å². The number of hydrogen-bond acceptors (Lipinski definition) is 3. The molecule has 3 unspecified atom stereocenters. The van der Waals surface area contributed by atoms with Crippen LogP contribution in [0.25, 0.3) is 22.1 Å². The maximum Gasteiger partial charge on any atom is 0.227 e. The Bertz CT molecular complexity index is 990. The van der Waals surface area contributed by atoms with Gasteiger partial charge in [-0.1, -0.05) is 12.1 Å². The summed E-state index contributed by atoms with van der Waals surface area (Å²) in [7, 11) is 0. The van der Waals surface area contributed by atoms with Gasteiger partial charge in [0.25, 0.3) is 0 Å². The maximum absolute atomic E-state index is 6.37. The Morgan fingerprint density at radius 3 is 2.72 bits per heavy atom. The molecule has 128 valence electrons. The van der Waals surface area contributed by atoms with Crippen LogP contribution in [0.4, 0.5) is 0 Å². The molecule has 3 aromatic rings. The van der Waals surface area contributed by atoms with Crippen molar-refractivity contribution in [2.75, 3.05) is 13.1 Å². The lowest BCUT2D eigenvalue weighted by atomic mass is 9.53. The fourth-order valence-corrected chi connectivity index (χ4v) is 6.58. The SMILES string of the molecule is Cc1ccc2c(oc3ncccc32)c1C12CC3CC(CN(C3)C1C)C2. The molecule has 3 heteroatoms. The Morgan fingerprint density at radius 2 is 1.92 bits per heavy atom. The molecule has 3 saturated heterocycles. The molecule has 7 rings (SSSR count). The molecule has 4 fully saturated rings. The molecule has 4 bridgehead atoms. The van der Waals surface area contributed by atoms with Gasteiger partial charge in [-0.15, -0.1) is 0 Å². The van der Waals surface area contributed by atoms with E-state index in [4.69, 9.17) is 4.42 Å². The number of piperidine rings is 3. The summed E-state index contributed by atoms with van der Waals surface area (Å²) in [5, 5.41) is 2.39. The molecule has 3 nitrogen and oxygen atoms in total. The monoisotopic (exact) mass is 332 g/mol. The minimum Gasteiger partial charge on any atom is -0.437 e. The molecule has 2 aromatic heterocycles. The summed E-state index contributed by atoms with van der Waals surface area (Å²) in [4.78, 5) is 7.23.